The molecule has 0 radical (unpaired) electrons. The van der Waals surface area contributed by atoms with Crippen LogP contribution in [0.5, 0.6) is 11.5 Å². The first kappa shape index (κ1) is 22.1. The third kappa shape index (κ3) is 4.28. The van der Waals surface area contributed by atoms with E-state index >= 15 is 0 Å². The van der Waals surface area contributed by atoms with Gasteiger partial charge in [0, 0.05) is 42.2 Å². The molecule has 0 aliphatic carbocycles. The van der Waals surface area contributed by atoms with Gasteiger partial charge in [0.25, 0.3) is 11.8 Å². The summed E-state index contributed by atoms with van der Waals surface area (Å²) in [5, 5.41) is 12.5. The molecule has 4 heterocycles. The Morgan fingerprint density at radius 2 is 1.97 bits per heavy atom. The van der Waals surface area contributed by atoms with E-state index in [0.717, 1.165) is 5.39 Å². The highest BCUT2D eigenvalue weighted by Crippen LogP contribution is 2.33. The van der Waals surface area contributed by atoms with Gasteiger partial charge in [0.2, 0.25) is 11.7 Å². The number of pyridine rings is 1. The molecular formula is C23H22N8O4. The highest BCUT2D eigenvalue weighted by Gasteiger charge is 2.18. The first-order chi connectivity index (χ1) is 17.1. The molecule has 5 rings (SSSR count). The van der Waals surface area contributed by atoms with Crippen molar-refractivity contribution in [3.05, 3.63) is 42.5 Å². The first-order valence-corrected chi connectivity index (χ1v) is 10.8. The Labute approximate surface area is 198 Å². The van der Waals surface area contributed by atoms with E-state index in [-0.39, 0.29) is 24.0 Å². The molecule has 12 nitrogen and oxygen atoms in total. The summed E-state index contributed by atoms with van der Waals surface area (Å²) >= 11 is 0. The molecule has 5 aromatic rings. The third-order valence-electron chi connectivity index (χ3n) is 5.44. The van der Waals surface area contributed by atoms with E-state index in [0.29, 0.717) is 58.3 Å². The summed E-state index contributed by atoms with van der Waals surface area (Å²) in [6.45, 7) is 0.444. The lowest BCUT2D eigenvalue weighted by molar-refractivity contribution is 0.0948. The van der Waals surface area contributed by atoms with Crippen molar-refractivity contribution in [3.8, 4) is 23.0 Å². The summed E-state index contributed by atoms with van der Waals surface area (Å²) in [4.78, 5) is 28.6. The second kappa shape index (κ2) is 9.25. The molecule has 4 N–H and O–H groups in total. The van der Waals surface area contributed by atoms with Crippen LogP contribution in [-0.4, -0.2) is 56.7 Å². The number of ketones is 1. The molecule has 12 heteroatoms. The molecule has 0 atom stereocenters. The van der Waals surface area contributed by atoms with E-state index in [9.17, 15) is 4.79 Å². The van der Waals surface area contributed by atoms with Crippen LogP contribution in [0.2, 0.25) is 0 Å². The number of aromatic amines is 1. The minimum absolute atomic E-state index is 0.0366. The average molecular weight is 474 g/mol. The number of anilines is 2. The second-order valence-corrected chi connectivity index (χ2v) is 7.62. The molecule has 4 aromatic heterocycles. The number of fused-ring (bicyclic) bond motifs is 2. The second-order valence-electron chi connectivity index (χ2n) is 7.62. The Kier molecular flexibility index (Phi) is 5.83. The monoisotopic (exact) mass is 474 g/mol. The molecule has 0 unspecified atom stereocenters. The fraction of sp³-hybridized carbons (Fsp3) is 0.217. The number of benzene rings is 1. The topological polar surface area (TPSA) is 167 Å². The number of H-pyrrole nitrogens is 1. The van der Waals surface area contributed by atoms with Gasteiger partial charge >= 0.3 is 0 Å². The van der Waals surface area contributed by atoms with Gasteiger partial charge in [0.15, 0.2) is 11.5 Å². The predicted molar refractivity (Wildman–Crippen MR) is 128 cm³/mol. The number of hydrogen-bond acceptors (Lipinski definition) is 11. The number of nitrogens with one attached hydrogen (secondary N) is 2. The van der Waals surface area contributed by atoms with Gasteiger partial charge in [-0.1, -0.05) is 0 Å². The van der Waals surface area contributed by atoms with Gasteiger partial charge in [-0.05, 0) is 24.6 Å². The molecule has 35 heavy (non-hydrogen) atoms. The normalized spacial score (nSPS) is 11.1. The fourth-order valence-corrected chi connectivity index (χ4v) is 3.69. The lowest BCUT2D eigenvalue weighted by Gasteiger charge is -2.11. The van der Waals surface area contributed by atoms with Crippen LogP contribution in [0.25, 0.3) is 33.4 Å². The Morgan fingerprint density at radius 3 is 2.80 bits per heavy atom. The number of methoxy groups -OCH3 is 2. The average Bonchev–Trinajstić information content (AvgIpc) is 3.53. The van der Waals surface area contributed by atoms with Gasteiger partial charge in [-0.2, -0.15) is 4.98 Å². The van der Waals surface area contributed by atoms with Gasteiger partial charge < -0.3 is 29.9 Å². The van der Waals surface area contributed by atoms with Crippen molar-refractivity contribution in [2.45, 2.75) is 12.8 Å². The maximum atomic E-state index is 12.5. The van der Waals surface area contributed by atoms with E-state index in [2.05, 4.69) is 35.5 Å². The molecule has 0 saturated carbocycles. The third-order valence-corrected chi connectivity index (χ3v) is 5.44. The number of hydrogen-bond donors (Lipinski definition) is 3. The highest BCUT2D eigenvalue weighted by atomic mass is 16.5. The van der Waals surface area contributed by atoms with Crippen LogP contribution >= 0.6 is 0 Å². The summed E-state index contributed by atoms with van der Waals surface area (Å²) in [5.41, 5.74) is 8.11. The molecule has 1 aromatic carbocycles. The number of carbonyl (C=O) groups excluding carboxylic acids is 1. The van der Waals surface area contributed by atoms with Gasteiger partial charge in [-0.15, -0.1) is 10.2 Å². The summed E-state index contributed by atoms with van der Waals surface area (Å²) in [7, 11) is 3.10. The molecule has 178 valence electrons. The first-order valence-electron chi connectivity index (χ1n) is 10.8. The van der Waals surface area contributed by atoms with E-state index in [4.69, 9.17) is 19.6 Å². The van der Waals surface area contributed by atoms with E-state index < -0.39 is 0 Å². The zero-order valence-corrected chi connectivity index (χ0v) is 19.0. The summed E-state index contributed by atoms with van der Waals surface area (Å²) in [6, 6.07) is 7.17. The number of ether oxygens (including phenoxy) is 2. The van der Waals surface area contributed by atoms with Crippen LogP contribution in [0.1, 0.15) is 23.5 Å². The number of carbonyl (C=O) groups is 1. The number of aromatic nitrogens is 6. The molecule has 0 fully saturated rings. The maximum absolute atomic E-state index is 12.5. The van der Waals surface area contributed by atoms with Gasteiger partial charge in [0.05, 0.1) is 25.3 Å². The molecular weight excluding hydrogens is 452 g/mol. The van der Waals surface area contributed by atoms with E-state index in [1.807, 2.05) is 12.1 Å². The van der Waals surface area contributed by atoms with Gasteiger partial charge in [-0.3, -0.25) is 4.79 Å². The Bertz CT molecular complexity index is 1530. The van der Waals surface area contributed by atoms with Crippen molar-refractivity contribution in [1.82, 2.24) is 30.1 Å². The maximum Gasteiger partial charge on any atom is 0.284 e. The molecule has 0 bridgehead atoms. The van der Waals surface area contributed by atoms with Crippen LogP contribution < -0.4 is 20.5 Å². The zero-order valence-electron chi connectivity index (χ0n) is 19.0. The minimum Gasteiger partial charge on any atom is -0.493 e. The standard InChI is InChI=1S/C23H22N8O4/c1-33-17-9-13-15(10-18(17)34-2)28-23(29-19(13)24)26-8-4-6-16(32)22-31-30-21(35-22)14-11-27-20-12(14)5-3-7-25-20/h3,5,7,9-11H,4,6,8H2,1-2H3,(H,25,27)(H3,24,26,28,29). The molecule has 0 spiro atoms. The lowest BCUT2D eigenvalue weighted by atomic mass is 10.2. The molecule has 0 aliphatic heterocycles. The van der Waals surface area contributed by atoms with Crippen molar-refractivity contribution in [2.75, 3.05) is 31.8 Å². The zero-order chi connectivity index (χ0) is 24.4. The number of nitrogens with two attached hydrogens (primary N) is 1. The van der Waals surface area contributed by atoms with Crippen molar-refractivity contribution in [2.24, 2.45) is 0 Å². The van der Waals surface area contributed by atoms with E-state index in [1.54, 1.807) is 38.7 Å². The molecule has 0 saturated heterocycles. The largest absolute Gasteiger partial charge is 0.493 e. The van der Waals surface area contributed by atoms with Crippen LogP contribution in [0.3, 0.4) is 0 Å². The number of nitrogen functional groups attached to an aromatic ring is 1. The minimum atomic E-state index is -0.251. The number of rotatable bonds is 9. The van der Waals surface area contributed by atoms with Gasteiger partial charge in [-0.25, -0.2) is 9.97 Å². The summed E-state index contributed by atoms with van der Waals surface area (Å²) in [6.07, 6.45) is 4.12. The predicted octanol–water partition coefficient (Wildman–Crippen LogP) is 3.23. The van der Waals surface area contributed by atoms with Crippen LogP contribution in [0, 0.1) is 0 Å². The number of nitrogens with zero attached hydrogens (tertiary/aromatic N) is 5. The van der Waals surface area contributed by atoms with Crippen LogP contribution in [-0.2, 0) is 0 Å². The molecule has 0 amide bonds. The SMILES string of the molecule is COc1cc2nc(NCCCC(=O)c3nnc(-c4c[nH]c5ncccc45)o3)nc(N)c2cc1OC. The lowest BCUT2D eigenvalue weighted by Crippen LogP contribution is -2.09. The van der Waals surface area contributed by atoms with Crippen molar-refractivity contribution >= 4 is 39.5 Å². The van der Waals surface area contributed by atoms with Crippen molar-refractivity contribution in [1.29, 1.82) is 0 Å². The van der Waals surface area contributed by atoms with Gasteiger partial charge in [0.1, 0.15) is 11.5 Å². The fourth-order valence-electron chi connectivity index (χ4n) is 3.69. The molecule has 0 aliphatic rings. The smallest absolute Gasteiger partial charge is 0.284 e. The summed E-state index contributed by atoms with van der Waals surface area (Å²) in [5.74, 6) is 1.71. The quantitative estimate of drug-likeness (QED) is 0.212. The van der Waals surface area contributed by atoms with Crippen LogP contribution in [0.15, 0.2) is 41.1 Å². The van der Waals surface area contributed by atoms with Crippen LogP contribution in [0.4, 0.5) is 11.8 Å². The Hall–Kier alpha value is -4.74. The van der Waals surface area contributed by atoms with Crippen molar-refractivity contribution < 1.29 is 18.7 Å². The van der Waals surface area contributed by atoms with Crippen molar-refractivity contribution in [3.63, 3.8) is 0 Å². The Morgan fingerprint density at radius 1 is 1.14 bits per heavy atom. The summed E-state index contributed by atoms with van der Waals surface area (Å²) < 4.78 is 16.2. The number of Topliss-reactive ketones (excluding diaryl/α,β-unsaturated/α-hetero) is 1. The van der Waals surface area contributed by atoms with E-state index in [1.165, 1.54) is 0 Å². The highest BCUT2D eigenvalue weighted by molar-refractivity contribution is 5.94. The Balaban J connectivity index is 1.21.